The predicted molar refractivity (Wildman–Crippen MR) is 85.5 cm³/mol. The first-order valence-electron chi connectivity index (χ1n) is 9.06. The number of rotatable bonds is 0. The number of fused-ring (bicyclic) bond motifs is 2. The number of hydrogen-bond acceptors (Lipinski definition) is 0. The van der Waals surface area contributed by atoms with Gasteiger partial charge in [-0.3, -0.25) is 0 Å². The van der Waals surface area contributed by atoms with Crippen molar-refractivity contribution in [1.29, 1.82) is 0 Å². The molecule has 0 aromatic carbocycles. The lowest BCUT2D eigenvalue weighted by molar-refractivity contribution is -0.149. The van der Waals surface area contributed by atoms with Crippen molar-refractivity contribution in [3.63, 3.8) is 0 Å². The molecule has 0 aliphatic heterocycles. The van der Waals surface area contributed by atoms with E-state index >= 15 is 0 Å². The maximum absolute atomic E-state index is 2.71. The average molecular weight is 272 g/mol. The molecule has 112 valence electrons. The Morgan fingerprint density at radius 3 is 2.70 bits per heavy atom. The van der Waals surface area contributed by atoms with Gasteiger partial charge in [-0.25, -0.2) is 0 Å². The minimum atomic E-state index is 0.584. The van der Waals surface area contributed by atoms with Crippen LogP contribution in [0.5, 0.6) is 0 Å². The van der Waals surface area contributed by atoms with Crippen LogP contribution in [-0.2, 0) is 0 Å². The summed E-state index contributed by atoms with van der Waals surface area (Å²) in [5.41, 5.74) is 3.61. The van der Waals surface area contributed by atoms with Crippen LogP contribution >= 0.6 is 0 Å². The molecule has 0 nitrogen and oxygen atoms in total. The van der Waals surface area contributed by atoms with Crippen LogP contribution in [-0.4, -0.2) is 0 Å². The van der Waals surface area contributed by atoms with Gasteiger partial charge in [-0.1, -0.05) is 38.8 Å². The van der Waals surface area contributed by atoms with Gasteiger partial charge in [0.15, 0.2) is 0 Å². The lowest BCUT2D eigenvalue weighted by Crippen LogP contribution is -2.56. The SMILES string of the molecule is CC1=CC[C@]23C[C@H]1C[C@@H]2CCC1C(C)(C)CCC[C@@]13C. The summed E-state index contributed by atoms with van der Waals surface area (Å²) in [5.74, 6) is 2.95. The normalized spacial score (nSPS) is 53.0. The summed E-state index contributed by atoms with van der Waals surface area (Å²) >= 11 is 0. The van der Waals surface area contributed by atoms with Gasteiger partial charge in [0, 0.05) is 0 Å². The van der Waals surface area contributed by atoms with Gasteiger partial charge in [-0.2, -0.15) is 0 Å². The molecule has 2 bridgehead atoms. The maximum Gasteiger partial charge on any atom is -0.0172 e. The Bertz CT molecular complexity index is 457. The van der Waals surface area contributed by atoms with Crippen molar-refractivity contribution in [3.8, 4) is 0 Å². The second kappa shape index (κ2) is 3.93. The Kier molecular flexibility index (Phi) is 2.63. The summed E-state index contributed by atoms with van der Waals surface area (Å²) < 4.78 is 0. The fraction of sp³-hybridized carbons (Fsp3) is 0.900. The van der Waals surface area contributed by atoms with Gasteiger partial charge < -0.3 is 0 Å². The molecule has 0 heterocycles. The molecular weight excluding hydrogens is 240 g/mol. The highest BCUT2D eigenvalue weighted by molar-refractivity contribution is 5.24. The summed E-state index contributed by atoms with van der Waals surface area (Å²) in [6, 6.07) is 0. The van der Waals surface area contributed by atoms with Crippen LogP contribution in [0.2, 0.25) is 0 Å². The van der Waals surface area contributed by atoms with Crippen molar-refractivity contribution in [2.45, 2.75) is 79.1 Å². The molecule has 4 rings (SSSR count). The summed E-state index contributed by atoms with van der Waals surface area (Å²) in [6.07, 6.45) is 14.6. The molecule has 20 heavy (non-hydrogen) atoms. The third-order valence-electron chi connectivity index (χ3n) is 8.56. The fourth-order valence-corrected chi connectivity index (χ4v) is 7.49. The molecule has 0 aromatic rings. The first-order valence-corrected chi connectivity index (χ1v) is 9.06. The van der Waals surface area contributed by atoms with Crippen LogP contribution in [0, 0.1) is 34.0 Å². The Labute approximate surface area is 125 Å². The van der Waals surface area contributed by atoms with E-state index in [0.717, 1.165) is 17.8 Å². The van der Waals surface area contributed by atoms with E-state index in [2.05, 4.69) is 33.8 Å². The second-order valence-corrected chi connectivity index (χ2v) is 9.53. The van der Waals surface area contributed by atoms with E-state index in [4.69, 9.17) is 0 Å². The Morgan fingerprint density at radius 2 is 1.90 bits per heavy atom. The minimum Gasteiger partial charge on any atom is -0.0847 e. The van der Waals surface area contributed by atoms with E-state index in [9.17, 15) is 0 Å². The van der Waals surface area contributed by atoms with Gasteiger partial charge >= 0.3 is 0 Å². The number of allylic oxidation sites excluding steroid dienone is 2. The third-order valence-corrected chi connectivity index (χ3v) is 8.56. The second-order valence-electron chi connectivity index (χ2n) is 9.53. The van der Waals surface area contributed by atoms with E-state index in [-0.39, 0.29) is 0 Å². The number of hydrogen-bond donors (Lipinski definition) is 0. The van der Waals surface area contributed by atoms with E-state index < -0.39 is 0 Å². The summed E-state index contributed by atoms with van der Waals surface area (Å²) in [4.78, 5) is 0. The van der Waals surface area contributed by atoms with Crippen molar-refractivity contribution < 1.29 is 0 Å². The molecule has 0 saturated heterocycles. The predicted octanol–water partition coefficient (Wildman–Crippen LogP) is 5.98. The summed E-state index contributed by atoms with van der Waals surface area (Å²) in [6.45, 7) is 10.3. The zero-order valence-electron chi connectivity index (χ0n) is 14.0. The van der Waals surface area contributed by atoms with Gasteiger partial charge in [-0.05, 0) is 85.9 Å². The summed E-state index contributed by atoms with van der Waals surface area (Å²) in [7, 11) is 0. The standard InChI is InChI=1S/C20H32/c1-14-8-11-20-13-15(14)12-16(20)6-7-17-18(2,3)9-5-10-19(17,20)4/h8,15-17H,5-7,9-13H2,1-4H3/t15-,16+,17?,19+,20+/m1/s1. The molecule has 0 amide bonds. The molecule has 3 fully saturated rings. The van der Waals surface area contributed by atoms with Crippen LogP contribution in [0.1, 0.15) is 79.1 Å². The lowest BCUT2D eigenvalue weighted by atomic mass is 9.40. The molecule has 4 aliphatic carbocycles. The van der Waals surface area contributed by atoms with E-state index in [1.165, 1.54) is 51.4 Å². The quantitative estimate of drug-likeness (QED) is 0.476. The molecule has 1 unspecified atom stereocenters. The summed E-state index contributed by atoms with van der Waals surface area (Å²) in [5, 5.41) is 0. The molecule has 1 spiro atoms. The van der Waals surface area contributed by atoms with Crippen molar-refractivity contribution >= 4 is 0 Å². The largest absolute Gasteiger partial charge is 0.0847 e. The van der Waals surface area contributed by atoms with Crippen molar-refractivity contribution in [3.05, 3.63) is 11.6 Å². The van der Waals surface area contributed by atoms with Gasteiger partial charge in [0.2, 0.25) is 0 Å². The molecule has 0 aromatic heterocycles. The molecule has 5 atom stereocenters. The van der Waals surface area contributed by atoms with Crippen LogP contribution in [0.4, 0.5) is 0 Å². The van der Waals surface area contributed by atoms with Gasteiger partial charge in [-0.15, -0.1) is 0 Å². The molecule has 0 N–H and O–H groups in total. The monoisotopic (exact) mass is 272 g/mol. The van der Waals surface area contributed by atoms with Gasteiger partial charge in [0.05, 0.1) is 0 Å². The Balaban J connectivity index is 1.80. The van der Waals surface area contributed by atoms with E-state index in [1.807, 2.05) is 0 Å². The van der Waals surface area contributed by atoms with Crippen LogP contribution in [0.25, 0.3) is 0 Å². The van der Waals surface area contributed by atoms with Crippen molar-refractivity contribution in [1.82, 2.24) is 0 Å². The highest BCUT2D eigenvalue weighted by Gasteiger charge is 2.65. The lowest BCUT2D eigenvalue weighted by Gasteiger charge is -2.64. The maximum atomic E-state index is 2.71. The molecular formula is C20H32. The molecule has 0 radical (unpaired) electrons. The van der Waals surface area contributed by atoms with E-state index in [1.54, 1.807) is 5.57 Å². The molecule has 0 heteroatoms. The van der Waals surface area contributed by atoms with Crippen LogP contribution in [0.15, 0.2) is 11.6 Å². The zero-order chi connectivity index (χ0) is 14.2. The minimum absolute atomic E-state index is 0.584. The van der Waals surface area contributed by atoms with Crippen LogP contribution < -0.4 is 0 Å². The third kappa shape index (κ3) is 1.44. The Morgan fingerprint density at radius 1 is 1.10 bits per heavy atom. The van der Waals surface area contributed by atoms with E-state index in [0.29, 0.717) is 16.2 Å². The van der Waals surface area contributed by atoms with Crippen molar-refractivity contribution in [2.75, 3.05) is 0 Å². The smallest absolute Gasteiger partial charge is 0.0172 e. The highest BCUT2D eigenvalue weighted by atomic mass is 14.7. The van der Waals surface area contributed by atoms with Crippen LogP contribution in [0.3, 0.4) is 0 Å². The molecule has 3 saturated carbocycles. The average Bonchev–Trinajstić information content (AvgIpc) is 2.70. The van der Waals surface area contributed by atoms with Gasteiger partial charge in [0.25, 0.3) is 0 Å². The first kappa shape index (κ1) is 13.4. The topological polar surface area (TPSA) is 0 Å². The zero-order valence-corrected chi connectivity index (χ0v) is 14.0. The fourth-order valence-electron chi connectivity index (χ4n) is 7.49. The molecule has 4 aliphatic rings. The van der Waals surface area contributed by atoms with Crippen molar-refractivity contribution in [2.24, 2.45) is 34.0 Å². The highest BCUT2D eigenvalue weighted by Crippen LogP contribution is 2.73. The Hall–Kier alpha value is -0.260. The first-order chi connectivity index (χ1) is 9.39. The van der Waals surface area contributed by atoms with Gasteiger partial charge in [0.1, 0.15) is 0 Å².